The summed E-state index contributed by atoms with van der Waals surface area (Å²) in [4.78, 5) is 24.8. The van der Waals surface area contributed by atoms with Crippen LogP contribution in [-0.2, 0) is 19.5 Å². The van der Waals surface area contributed by atoms with Crippen LogP contribution in [0.2, 0.25) is 0 Å². The van der Waals surface area contributed by atoms with E-state index in [0.717, 1.165) is 11.3 Å². The number of amides is 1. The van der Waals surface area contributed by atoms with E-state index in [4.69, 9.17) is 4.74 Å². The van der Waals surface area contributed by atoms with Gasteiger partial charge in [-0.2, -0.15) is 0 Å². The summed E-state index contributed by atoms with van der Waals surface area (Å²) in [6.45, 7) is 2.87. The second-order valence-electron chi connectivity index (χ2n) is 5.19. The third-order valence-corrected chi connectivity index (χ3v) is 6.22. The number of carbonyl (C=O) groups excluding carboxylic acids is 2. The van der Waals surface area contributed by atoms with E-state index in [1.807, 2.05) is 0 Å². The Bertz CT molecular complexity index is 692. The van der Waals surface area contributed by atoms with Crippen LogP contribution in [0.1, 0.15) is 29.4 Å². The van der Waals surface area contributed by atoms with Crippen LogP contribution in [0.3, 0.4) is 0 Å². The molecule has 0 bridgehead atoms. The van der Waals surface area contributed by atoms with Gasteiger partial charge in [0.1, 0.15) is 9.77 Å². The van der Waals surface area contributed by atoms with Crippen molar-refractivity contribution in [2.45, 2.75) is 30.7 Å². The number of rotatable bonds is 5. The Morgan fingerprint density at radius 3 is 2.62 bits per heavy atom. The Kier molecular flexibility index (Phi) is 6.19. The van der Waals surface area contributed by atoms with Gasteiger partial charge < -0.3 is 14.4 Å². The first-order valence-corrected chi connectivity index (χ1v) is 9.85. The van der Waals surface area contributed by atoms with E-state index < -0.39 is 16.0 Å². The Labute approximate surface area is 144 Å². The van der Waals surface area contributed by atoms with Gasteiger partial charge in [0.05, 0.1) is 13.7 Å². The summed E-state index contributed by atoms with van der Waals surface area (Å²) in [6, 6.07) is 1.08. The van der Waals surface area contributed by atoms with Crippen LogP contribution < -0.4 is 4.72 Å². The molecule has 0 aliphatic carbocycles. The van der Waals surface area contributed by atoms with E-state index in [0.29, 0.717) is 32.5 Å². The van der Waals surface area contributed by atoms with Crippen molar-refractivity contribution >= 4 is 33.4 Å². The van der Waals surface area contributed by atoms with Crippen molar-refractivity contribution in [3.8, 4) is 0 Å². The van der Waals surface area contributed by atoms with Crippen molar-refractivity contribution in [3.05, 3.63) is 16.3 Å². The summed E-state index contributed by atoms with van der Waals surface area (Å²) in [7, 11) is -2.62. The van der Waals surface area contributed by atoms with Crippen LogP contribution >= 0.6 is 11.3 Å². The molecule has 1 amide bonds. The average Bonchev–Trinajstić information content (AvgIpc) is 3.05. The summed E-state index contributed by atoms with van der Waals surface area (Å²) in [5, 5.41) is 1.53. The highest BCUT2D eigenvalue weighted by molar-refractivity contribution is 7.89. The summed E-state index contributed by atoms with van der Waals surface area (Å²) in [5.41, 5.74) is 0. The fraction of sp³-hybridized carbons (Fsp3) is 0.571. The minimum absolute atomic E-state index is 0.0500. The van der Waals surface area contributed by atoms with E-state index in [1.54, 1.807) is 11.8 Å². The maximum absolute atomic E-state index is 12.5. The van der Waals surface area contributed by atoms with Gasteiger partial charge in [0.25, 0.3) is 0 Å². The van der Waals surface area contributed by atoms with Gasteiger partial charge in [0.15, 0.2) is 0 Å². The zero-order valence-electron chi connectivity index (χ0n) is 13.5. The molecule has 134 valence electrons. The number of sulfonamides is 1. The van der Waals surface area contributed by atoms with Crippen LogP contribution in [0.4, 0.5) is 4.79 Å². The molecule has 0 radical (unpaired) electrons. The van der Waals surface area contributed by atoms with Crippen LogP contribution in [-0.4, -0.2) is 58.2 Å². The van der Waals surface area contributed by atoms with E-state index in [1.165, 1.54) is 18.6 Å². The van der Waals surface area contributed by atoms with Gasteiger partial charge >= 0.3 is 12.1 Å². The van der Waals surface area contributed by atoms with Crippen molar-refractivity contribution in [1.82, 2.24) is 9.62 Å². The lowest BCUT2D eigenvalue weighted by atomic mass is 10.1. The van der Waals surface area contributed by atoms with E-state index in [9.17, 15) is 18.0 Å². The molecule has 1 saturated heterocycles. The van der Waals surface area contributed by atoms with Crippen LogP contribution in [0.5, 0.6) is 0 Å². The van der Waals surface area contributed by atoms with Crippen molar-refractivity contribution < 1.29 is 27.5 Å². The first-order valence-electron chi connectivity index (χ1n) is 7.49. The second-order valence-corrected chi connectivity index (χ2v) is 7.79. The average molecular weight is 376 g/mol. The van der Waals surface area contributed by atoms with Gasteiger partial charge in [-0.05, 0) is 31.2 Å². The van der Waals surface area contributed by atoms with Gasteiger partial charge in [-0.15, -0.1) is 11.3 Å². The first kappa shape index (κ1) is 18.7. The number of piperidine rings is 1. The number of nitrogens with one attached hydrogen (secondary N) is 1. The summed E-state index contributed by atoms with van der Waals surface area (Å²) in [5.74, 6) is -0.678. The lowest BCUT2D eigenvalue weighted by Crippen LogP contribution is -2.46. The first-order chi connectivity index (χ1) is 11.4. The zero-order chi connectivity index (χ0) is 17.7. The number of nitrogens with zero attached hydrogens (tertiary/aromatic N) is 1. The van der Waals surface area contributed by atoms with Gasteiger partial charge in [-0.1, -0.05) is 0 Å². The Morgan fingerprint density at radius 1 is 1.38 bits per heavy atom. The second kappa shape index (κ2) is 7.95. The number of thiophene rings is 1. The van der Waals surface area contributed by atoms with Gasteiger partial charge in [-0.3, -0.25) is 0 Å². The molecule has 1 aliphatic heterocycles. The van der Waals surface area contributed by atoms with E-state index in [2.05, 4.69) is 9.46 Å². The monoisotopic (exact) mass is 376 g/mol. The normalized spacial score (nSPS) is 16.0. The highest BCUT2D eigenvalue weighted by Gasteiger charge is 2.30. The predicted molar refractivity (Wildman–Crippen MR) is 87.6 cm³/mol. The fourth-order valence-corrected chi connectivity index (χ4v) is 5.07. The van der Waals surface area contributed by atoms with Gasteiger partial charge in [0.2, 0.25) is 10.0 Å². The number of ether oxygens (including phenoxy) is 2. The lowest BCUT2D eigenvalue weighted by Gasteiger charge is -2.31. The standard InChI is InChI=1S/C14H20N2O6S2/c1-3-22-14(18)16-7-4-10(5-8-16)15-24(19,20)11-6-9-23-12(11)13(17)21-2/h6,9-10,15H,3-5,7-8H2,1-2H3. The highest BCUT2D eigenvalue weighted by Crippen LogP contribution is 2.24. The molecule has 24 heavy (non-hydrogen) atoms. The van der Waals surface area contributed by atoms with Crippen LogP contribution in [0, 0.1) is 0 Å². The molecule has 1 aromatic rings. The van der Waals surface area contributed by atoms with Gasteiger partial charge in [0, 0.05) is 19.1 Å². The maximum Gasteiger partial charge on any atom is 0.409 e. The molecule has 0 saturated carbocycles. The van der Waals surface area contributed by atoms with E-state index in [-0.39, 0.29) is 21.9 Å². The number of methoxy groups -OCH3 is 1. The quantitative estimate of drug-likeness (QED) is 0.780. The number of hydrogen-bond donors (Lipinski definition) is 1. The third kappa shape index (κ3) is 4.25. The Hall–Kier alpha value is -1.65. The Morgan fingerprint density at radius 2 is 2.04 bits per heavy atom. The van der Waals surface area contributed by atoms with Crippen molar-refractivity contribution in [1.29, 1.82) is 0 Å². The lowest BCUT2D eigenvalue weighted by molar-refractivity contribution is 0.0602. The van der Waals surface area contributed by atoms with Crippen LogP contribution in [0.15, 0.2) is 16.3 Å². The van der Waals surface area contributed by atoms with Crippen molar-refractivity contribution in [2.24, 2.45) is 0 Å². The fourth-order valence-electron chi connectivity index (χ4n) is 2.43. The van der Waals surface area contributed by atoms with Crippen LogP contribution in [0.25, 0.3) is 0 Å². The predicted octanol–water partition coefficient (Wildman–Crippen LogP) is 1.43. The SMILES string of the molecule is CCOC(=O)N1CCC(NS(=O)(=O)c2ccsc2C(=O)OC)CC1. The summed E-state index contributed by atoms with van der Waals surface area (Å²) >= 11 is 1.02. The molecule has 1 aromatic heterocycles. The molecule has 10 heteroatoms. The molecule has 1 aliphatic rings. The molecular weight excluding hydrogens is 356 g/mol. The topological polar surface area (TPSA) is 102 Å². The number of carbonyl (C=O) groups is 2. The summed E-state index contributed by atoms with van der Waals surface area (Å²) in [6.07, 6.45) is 0.579. The Balaban J connectivity index is 2.00. The zero-order valence-corrected chi connectivity index (χ0v) is 15.1. The molecule has 0 spiro atoms. The number of hydrogen-bond acceptors (Lipinski definition) is 7. The molecule has 0 unspecified atom stereocenters. The number of likely N-dealkylation sites (tertiary alicyclic amines) is 1. The molecule has 2 rings (SSSR count). The molecule has 0 atom stereocenters. The largest absolute Gasteiger partial charge is 0.465 e. The number of esters is 1. The highest BCUT2D eigenvalue weighted by atomic mass is 32.2. The molecule has 8 nitrogen and oxygen atoms in total. The smallest absolute Gasteiger partial charge is 0.409 e. The minimum atomic E-state index is -3.83. The van der Waals surface area contributed by atoms with Gasteiger partial charge in [-0.25, -0.2) is 22.7 Å². The van der Waals surface area contributed by atoms with E-state index >= 15 is 0 Å². The molecule has 0 aromatic carbocycles. The molecule has 1 fully saturated rings. The molecule has 2 heterocycles. The molecule has 1 N–H and O–H groups in total. The summed E-state index contributed by atoms with van der Waals surface area (Å²) < 4.78 is 37.1. The minimum Gasteiger partial charge on any atom is -0.465 e. The van der Waals surface area contributed by atoms with Crippen molar-refractivity contribution in [3.63, 3.8) is 0 Å². The molecular formula is C14H20N2O6S2. The van der Waals surface area contributed by atoms with Crippen molar-refractivity contribution in [2.75, 3.05) is 26.8 Å². The third-order valence-electron chi connectivity index (χ3n) is 3.63. The maximum atomic E-state index is 12.5.